The molecule has 1 aliphatic rings. The number of aliphatic carboxylic acids is 1. The third-order valence-electron chi connectivity index (χ3n) is 5.72. The molecule has 31 heavy (non-hydrogen) atoms. The highest BCUT2D eigenvalue weighted by Gasteiger charge is 2.17. The van der Waals surface area contributed by atoms with Gasteiger partial charge < -0.3 is 20.3 Å². The largest absolute Gasteiger partial charge is 0.481 e. The fourth-order valence-corrected chi connectivity index (χ4v) is 4.27. The van der Waals surface area contributed by atoms with Crippen LogP contribution in [0.4, 0.5) is 11.5 Å². The molecule has 0 fully saturated rings. The molecule has 4 rings (SSSR count). The standard InChI is InChI=1S/C24H28N4O3/c1-2-4-20(15-23(30)31)28-12-10-17-13-18(8-9-21(17)28)26-22(29)14-19-7-6-16-5-3-11-25-24(16)27-19/h6-10,12-13,20H,2-5,11,14-15H2,1H3,(H,25,27)(H,26,29)(H,30,31). The molecule has 0 saturated heterocycles. The second-order valence-electron chi connectivity index (χ2n) is 8.10. The normalized spacial score (nSPS) is 14.0. The van der Waals surface area contributed by atoms with E-state index >= 15 is 0 Å². The lowest BCUT2D eigenvalue weighted by molar-refractivity contribution is -0.138. The number of hydrogen-bond acceptors (Lipinski definition) is 4. The number of carbonyl (C=O) groups excluding carboxylic acids is 1. The number of rotatable bonds is 8. The van der Waals surface area contributed by atoms with Gasteiger partial charge in [0.1, 0.15) is 5.82 Å². The number of benzene rings is 1. The van der Waals surface area contributed by atoms with Gasteiger partial charge in [0, 0.05) is 35.4 Å². The van der Waals surface area contributed by atoms with Gasteiger partial charge in [-0.15, -0.1) is 0 Å². The summed E-state index contributed by atoms with van der Waals surface area (Å²) in [5.74, 6) is -0.0192. The van der Waals surface area contributed by atoms with Crippen molar-refractivity contribution in [3.8, 4) is 0 Å². The van der Waals surface area contributed by atoms with Gasteiger partial charge in [-0.2, -0.15) is 0 Å². The SMILES string of the molecule is CCCC(CC(=O)O)n1ccc2cc(NC(=O)Cc3ccc4c(n3)NCCC4)ccc21. The molecule has 1 amide bonds. The molecule has 162 valence electrons. The number of aromatic nitrogens is 2. The van der Waals surface area contributed by atoms with Crippen molar-refractivity contribution in [2.45, 2.75) is 51.5 Å². The number of aryl methyl sites for hydroxylation is 1. The van der Waals surface area contributed by atoms with Crippen LogP contribution in [0, 0.1) is 0 Å². The van der Waals surface area contributed by atoms with Crippen LogP contribution in [0.3, 0.4) is 0 Å². The first-order valence-corrected chi connectivity index (χ1v) is 10.9. The van der Waals surface area contributed by atoms with Crippen molar-refractivity contribution in [2.24, 2.45) is 0 Å². The number of nitrogens with zero attached hydrogens (tertiary/aromatic N) is 2. The highest BCUT2D eigenvalue weighted by atomic mass is 16.4. The number of carboxylic acid groups (broad SMARTS) is 1. The van der Waals surface area contributed by atoms with Gasteiger partial charge in [-0.25, -0.2) is 4.98 Å². The Bertz CT molecular complexity index is 1110. The second kappa shape index (κ2) is 9.20. The average Bonchev–Trinajstić information content (AvgIpc) is 3.16. The Kier molecular flexibility index (Phi) is 6.21. The topological polar surface area (TPSA) is 96.2 Å². The van der Waals surface area contributed by atoms with Crippen LogP contribution in [0.1, 0.15) is 49.9 Å². The number of fused-ring (bicyclic) bond motifs is 2. The molecule has 0 radical (unpaired) electrons. The quantitative estimate of drug-likeness (QED) is 0.502. The summed E-state index contributed by atoms with van der Waals surface area (Å²) >= 11 is 0. The zero-order valence-electron chi connectivity index (χ0n) is 17.7. The Morgan fingerprint density at radius 1 is 1.26 bits per heavy atom. The van der Waals surface area contributed by atoms with E-state index in [9.17, 15) is 14.7 Å². The predicted molar refractivity (Wildman–Crippen MR) is 122 cm³/mol. The second-order valence-corrected chi connectivity index (χ2v) is 8.10. The lowest BCUT2D eigenvalue weighted by Crippen LogP contribution is -2.18. The Hall–Kier alpha value is -3.35. The molecule has 1 aromatic carbocycles. The van der Waals surface area contributed by atoms with Gasteiger partial charge in [0.25, 0.3) is 0 Å². The fraction of sp³-hybridized carbons (Fsp3) is 0.375. The van der Waals surface area contributed by atoms with E-state index in [-0.39, 0.29) is 24.8 Å². The number of nitrogens with one attached hydrogen (secondary N) is 2. The van der Waals surface area contributed by atoms with E-state index in [0.717, 1.165) is 60.3 Å². The third kappa shape index (κ3) is 4.87. The molecule has 1 atom stereocenters. The minimum Gasteiger partial charge on any atom is -0.481 e. The van der Waals surface area contributed by atoms with E-state index in [4.69, 9.17) is 0 Å². The van der Waals surface area contributed by atoms with Crippen molar-refractivity contribution in [3.63, 3.8) is 0 Å². The molecule has 3 heterocycles. The number of carbonyl (C=O) groups is 2. The summed E-state index contributed by atoms with van der Waals surface area (Å²) in [4.78, 5) is 28.4. The smallest absolute Gasteiger partial charge is 0.305 e. The average molecular weight is 421 g/mol. The van der Waals surface area contributed by atoms with Crippen molar-refractivity contribution in [1.82, 2.24) is 9.55 Å². The van der Waals surface area contributed by atoms with Gasteiger partial charge >= 0.3 is 5.97 Å². The third-order valence-corrected chi connectivity index (χ3v) is 5.72. The molecule has 7 nitrogen and oxygen atoms in total. The Morgan fingerprint density at radius 2 is 2.13 bits per heavy atom. The first kappa shape index (κ1) is 20.9. The summed E-state index contributed by atoms with van der Waals surface area (Å²) in [5, 5.41) is 16.5. The van der Waals surface area contributed by atoms with E-state index in [2.05, 4.69) is 28.6 Å². The first-order valence-electron chi connectivity index (χ1n) is 10.9. The van der Waals surface area contributed by atoms with Crippen LogP contribution >= 0.6 is 0 Å². The maximum absolute atomic E-state index is 12.6. The predicted octanol–water partition coefficient (Wildman–Crippen LogP) is 4.39. The number of carboxylic acids is 1. The highest BCUT2D eigenvalue weighted by Crippen LogP contribution is 2.28. The van der Waals surface area contributed by atoms with Crippen LogP contribution in [0.15, 0.2) is 42.6 Å². The van der Waals surface area contributed by atoms with Crippen LogP contribution in [0.5, 0.6) is 0 Å². The monoisotopic (exact) mass is 420 g/mol. The van der Waals surface area contributed by atoms with Crippen molar-refractivity contribution in [1.29, 1.82) is 0 Å². The molecule has 3 aromatic rings. The van der Waals surface area contributed by atoms with Crippen molar-refractivity contribution < 1.29 is 14.7 Å². The Balaban J connectivity index is 1.46. The number of amides is 1. The van der Waals surface area contributed by atoms with Crippen molar-refractivity contribution in [2.75, 3.05) is 17.2 Å². The van der Waals surface area contributed by atoms with Crippen LogP contribution in [0.25, 0.3) is 10.9 Å². The van der Waals surface area contributed by atoms with Crippen LogP contribution < -0.4 is 10.6 Å². The highest BCUT2D eigenvalue weighted by molar-refractivity contribution is 5.95. The fourth-order valence-electron chi connectivity index (χ4n) is 4.27. The number of anilines is 2. The summed E-state index contributed by atoms with van der Waals surface area (Å²) in [6, 6.07) is 11.6. The molecule has 0 saturated carbocycles. The van der Waals surface area contributed by atoms with Gasteiger partial charge in [-0.1, -0.05) is 19.4 Å². The molecule has 1 unspecified atom stereocenters. The van der Waals surface area contributed by atoms with Gasteiger partial charge in [-0.3, -0.25) is 9.59 Å². The first-order chi connectivity index (χ1) is 15.0. The molecular weight excluding hydrogens is 392 g/mol. The van der Waals surface area contributed by atoms with E-state index in [1.807, 2.05) is 41.1 Å². The van der Waals surface area contributed by atoms with Gasteiger partial charge in [-0.05, 0) is 55.2 Å². The minimum absolute atomic E-state index is 0.0795. The Labute approximate surface area is 181 Å². The maximum Gasteiger partial charge on any atom is 0.305 e. The molecule has 2 aromatic heterocycles. The molecule has 7 heteroatoms. The number of hydrogen-bond donors (Lipinski definition) is 3. The molecule has 3 N–H and O–H groups in total. The summed E-state index contributed by atoms with van der Waals surface area (Å²) in [7, 11) is 0. The zero-order chi connectivity index (χ0) is 21.8. The van der Waals surface area contributed by atoms with Gasteiger partial charge in [0.05, 0.1) is 18.5 Å². The molecule has 0 bridgehead atoms. The molecular formula is C24H28N4O3. The lowest BCUT2D eigenvalue weighted by Gasteiger charge is -2.18. The van der Waals surface area contributed by atoms with Crippen LogP contribution in [0.2, 0.25) is 0 Å². The van der Waals surface area contributed by atoms with E-state index in [1.54, 1.807) is 0 Å². The van der Waals surface area contributed by atoms with E-state index in [0.29, 0.717) is 0 Å². The molecule has 0 aliphatic carbocycles. The summed E-state index contributed by atoms with van der Waals surface area (Å²) in [6.07, 6.45) is 6.09. The molecule has 0 spiro atoms. The zero-order valence-corrected chi connectivity index (χ0v) is 17.7. The lowest BCUT2D eigenvalue weighted by atomic mass is 10.1. The van der Waals surface area contributed by atoms with E-state index in [1.165, 1.54) is 5.56 Å². The van der Waals surface area contributed by atoms with Crippen LogP contribution in [-0.4, -0.2) is 33.1 Å². The Morgan fingerprint density at radius 3 is 2.94 bits per heavy atom. The van der Waals surface area contributed by atoms with Crippen molar-refractivity contribution in [3.05, 3.63) is 53.9 Å². The maximum atomic E-state index is 12.6. The summed E-state index contributed by atoms with van der Waals surface area (Å²) in [5.41, 5.74) is 3.64. The van der Waals surface area contributed by atoms with Gasteiger partial charge in [0.15, 0.2) is 0 Å². The minimum atomic E-state index is -0.796. The van der Waals surface area contributed by atoms with Gasteiger partial charge in [0.2, 0.25) is 5.91 Å². The summed E-state index contributed by atoms with van der Waals surface area (Å²) < 4.78 is 2.03. The number of pyridine rings is 1. The van der Waals surface area contributed by atoms with Crippen LogP contribution in [-0.2, 0) is 22.4 Å². The summed E-state index contributed by atoms with van der Waals surface area (Å²) in [6.45, 7) is 2.97. The molecule has 1 aliphatic heterocycles. The van der Waals surface area contributed by atoms with E-state index < -0.39 is 5.97 Å². The van der Waals surface area contributed by atoms with Crippen molar-refractivity contribution >= 4 is 34.3 Å².